The summed E-state index contributed by atoms with van der Waals surface area (Å²) in [5.41, 5.74) is 7.03. The van der Waals surface area contributed by atoms with Crippen LogP contribution in [0.15, 0.2) is 18.2 Å². The number of nitrogens with two attached hydrogens (primary N) is 1. The van der Waals surface area contributed by atoms with Crippen molar-refractivity contribution in [2.24, 2.45) is 5.73 Å². The molecule has 18 heavy (non-hydrogen) atoms. The molecule has 1 fully saturated rings. The fraction of sp³-hybridized carbons (Fsp3) is 0.571. The van der Waals surface area contributed by atoms with Gasteiger partial charge in [-0.3, -0.25) is 0 Å². The molecule has 0 amide bonds. The van der Waals surface area contributed by atoms with Gasteiger partial charge in [0.1, 0.15) is 5.82 Å². The molecule has 1 aromatic rings. The minimum Gasteiger partial charge on any atom is -0.377 e. The number of rotatable bonds is 2. The fourth-order valence-electron chi connectivity index (χ4n) is 2.33. The Kier molecular flexibility index (Phi) is 3.59. The van der Waals surface area contributed by atoms with Gasteiger partial charge in [-0.15, -0.1) is 0 Å². The lowest BCUT2D eigenvalue weighted by Crippen LogP contribution is -2.53. The Morgan fingerprint density at radius 3 is 2.72 bits per heavy atom. The van der Waals surface area contributed by atoms with Gasteiger partial charge < -0.3 is 15.4 Å². The zero-order chi connectivity index (χ0) is 13.3. The topological polar surface area (TPSA) is 38.5 Å². The van der Waals surface area contributed by atoms with Crippen molar-refractivity contribution in [2.75, 3.05) is 24.7 Å². The van der Waals surface area contributed by atoms with Gasteiger partial charge in [-0.05, 0) is 38.5 Å². The Morgan fingerprint density at radius 1 is 1.44 bits per heavy atom. The first-order chi connectivity index (χ1) is 8.42. The Labute approximate surface area is 108 Å². The summed E-state index contributed by atoms with van der Waals surface area (Å²) < 4.78 is 19.7. The lowest BCUT2D eigenvalue weighted by Gasteiger charge is -2.44. The first-order valence-corrected chi connectivity index (χ1v) is 6.32. The Hall–Kier alpha value is -1.13. The highest BCUT2D eigenvalue weighted by Gasteiger charge is 2.32. The third kappa shape index (κ3) is 2.49. The van der Waals surface area contributed by atoms with E-state index in [0.29, 0.717) is 25.4 Å². The molecule has 0 aromatic heterocycles. The fourth-order valence-corrected chi connectivity index (χ4v) is 2.33. The number of morpholine rings is 1. The van der Waals surface area contributed by atoms with Crippen molar-refractivity contribution in [3.63, 3.8) is 0 Å². The second kappa shape index (κ2) is 4.86. The average molecular weight is 252 g/mol. The lowest BCUT2D eigenvalue weighted by atomic mass is 10.00. The van der Waals surface area contributed by atoms with E-state index in [1.54, 1.807) is 0 Å². The van der Waals surface area contributed by atoms with Crippen LogP contribution in [0.1, 0.15) is 32.4 Å². The van der Waals surface area contributed by atoms with Crippen LogP contribution < -0.4 is 10.6 Å². The maximum absolute atomic E-state index is 14.2. The number of hydrogen-bond acceptors (Lipinski definition) is 3. The van der Waals surface area contributed by atoms with Gasteiger partial charge in [0.15, 0.2) is 0 Å². The van der Waals surface area contributed by atoms with Gasteiger partial charge in [-0.1, -0.05) is 6.07 Å². The molecular weight excluding hydrogens is 231 g/mol. The molecule has 0 bridgehead atoms. The molecule has 1 saturated heterocycles. The normalized spacial score (nSPS) is 20.8. The van der Waals surface area contributed by atoms with E-state index in [1.165, 1.54) is 6.07 Å². The molecule has 1 atom stereocenters. The smallest absolute Gasteiger partial charge is 0.146 e. The molecule has 2 rings (SSSR count). The molecule has 0 spiro atoms. The molecule has 0 aliphatic carbocycles. The Bertz CT molecular complexity index is 432. The van der Waals surface area contributed by atoms with Crippen LogP contribution in [0.25, 0.3) is 0 Å². The molecule has 100 valence electrons. The van der Waals surface area contributed by atoms with Crippen LogP contribution in [0, 0.1) is 5.82 Å². The molecule has 1 unspecified atom stereocenters. The van der Waals surface area contributed by atoms with Crippen molar-refractivity contribution in [1.82, 2.24) is 0 Å². The van der Waals surface area contributed by atoms with Crippen LogP contribution in [-0.2, 0) is 4.74 Å². The molecular formula is C14H21FN2O. The van der Waals surface area contributed by atoms with Crippen molar-refractivity contribution in [2.45, 2.75) is 32.4 Å². The molecule has 4 heteroatoms. The zero-order valence-corrected chi connectivity index (χ0v) is 11.2. The van der Waals surface area contributed by atoms with E-state index in [1.807, 2.05) is 19.1 Å². The minimum atomic E-state index is -0.209. The third-order valence-corrected chi connectivity index (χ3v) is 3.43. The van der Waals surface area contributed by atoms with E-state index in [0.717, 1.165) is 5.56 Å². The van der Waals surface area contributed by atoms with Crippen LogP contribution in [0.2, 0.25) is 0 Å². The van der Waals surface area contributed by atoms with Crippen molar-refractivity contribution in [3.8, 4) is 0 Å². The number of nitrogens with zero attached hydrogens (tertiary/aromatic N) is 1. The monoisotopic (exact) mass is 252 g/mol. The second-order valence-corrected chi connectivity index (χ2v) is 5.52. The second-order valence-electron chi connectivity index (χ2n) is 5.52. The Balaban J connectivity index is 2.33. The highest BCUT2D eigenvalue weighted by atomic mass is 19.1. The highest BCUT2D eigenvalue weighted by Crippen LogP contribution is 2.30. The van der Waals surface area contributed by atoms with Crippen LogP contribution in [-0.4, -0.2) is 25.3 Å². The van der Waals surface area contributed by atoms with Gasteiger partial charge in [0, 0.05) is 12.6 Å². The predicted molar refractivity (Wildman–Crippen MR) is 71.2 cm³/mol. The van der Waals surface area contributed by atoms with Gasteiger partial charge in [-0.25, -0.2) is 4.39 Å². The molecule has 0 saturated carbocycles. The number of ether oxygens (including phenoxy) is 1. The maximum atomic E-state index is 14.2. The van der Waals surface area contributed by atoms with E-state index in [-0.39, 0.29) is 17.4 Å². The van der Waals surface area contributed by atoms with Gasteiger partial charge >= 0.3 is 0 Å². The summed E-state index contributed by atoms with van der Waals surface area (Å²) in [6.45, 7) is 7.93. The maximum Gasteiger partial charge on any atom is 0.146 e. The first-order valence-electron chi connectivity index (χ1n) is 6.32. The molecule has 2 N–H and O–H groups in total. The molecule has 1 heterocycles. The van der Waals surface area contributed by atoms with Gasteiger partial charge in [0.2, 0.25) is 0 Å². The van der Waals surface area contributed by atoms with Crippen molar-refractivity contribution in [3.05, 3.63) is 29.6 Å². The SMILES string of the molecule is CC(N)c1ccc(N2CCOCC2(C)C)c(F)c1. The summed E-state index contributed by atoms with van der Waals surface area (Å²) in [5, 5.41) is 0. The summed E-state index contributed by atoms with van der Waals surface area (Å²) in [6, 6.07) is 5.10. The largest absolute Gasteiger partial charge is 0.377 e. The summed E-state index contributed by atoms with van der Waals surface area (Å²) in [4.78, 5) is 2.07. The van der Waals surface area contributed by atoms with E-state index in [4.69, 9.17) is 10.5 Å². The van der Waals surface area contributed by atoms with E-state index >= 15 is 0 Å². The average Bonchev–Trinajstić information content (AvgIpc) is 2.29. The highest BCUT2D eigenvalue weighted by molar-refractivity contribution is 5.52. The summed E-state index contributed by atoms with van der Waals surface area (Å²) in [7, 11) is 0. The molecule has 1 aliphatic heterocycles. The van der Waals surface area contributed by atoms with E-state index < -0.39 is 0 Å². The summed E-state index contributed by atoms with van der Waals surface area (Å²) in [6.07, 6.45) is 0. The number of anilines is 1. The summed E-state index contributed by atoms with van der Waals surface area (Å²) in [5.74, 6) is -0.209. The third-order valence-electron chi connectivity index (χ3n) is 3.43. The molecule has 3 nitrogen and oxygen atoms in total. The number of benzene rings is 1. The zero-order valence-electron chi connectivity index (χ0n) is 11.2. The molecule has 0 radical (unpaired) electrons. The predicted octanol–water partition coefficient (Wildman–Crippen LogP) is 2.46. The van der Waals surface area contributed by atoms with Crippen molar-refractivity contribution in [1.29, 1.82) is 0 Å². The van der Waals surface area contributed by atoms with Gasteiger partial charge in [0.05, 0.1) is 24.4 Å². The van der Waals surface area contributed by atoms with E-state index in [9.17, 15) is 4.39 Å². The van der Waals surface area contributed by atoms with Crippen LogP contribution in [0.5, 0.6) is 0 Å². The van der Waals surface area contributed by atoms with Crippen molar-refractivity contribution >= 4 is 5.69 Å². The first kappa shape index (κ1) is 13.3. The standard InChI is InChI=1S/C14H21FN2O/c1-10(16)11-4-5-13(12(15)8-11)17-6-7-18-9-14(17,2)3/h4-5,8,10H,6-7,9,16H2,1-3H3. The van der Waals surface area contributed by atoms with Crippen molar-refractivity contribution < 1.29 is 9.13 Å². The van der Waals surface area contributed by atoms with E-state index in [2.05, 4.69) is 18.7 Å². The summed E-state index contributed by atoms with van der Waals surface area (Å²) >= 11 is 0. The Morgan fingerprint density at radius 2 is 2.17 bits per heavy atom. The molecule has 1 aliphatic rings. The minimum absolute atomic E-state index is 0.147. The van der Waals surface area contributed by atoms with Crippen LogP contribution >= 0.6 is 0 Å². The lowest BCUT2D eigenvalue weighted by molar-refractivity contribution is 0.0640. The number of halogens is 1. The number of hydrogen-bond donors (Lipinski definition) is 1. The quantitative estimate of drug-likeness (QED) is 0.878. The van der Waals surface area contributed by atoms with Gasteiger partial charge in [-0.2, -0.15) is 0 Å². The van der Waals surface area contributed by atoms with Crippen LogP contribution in [0.3, 0.4) is 0 Å². The molecule has 1 aromatic carbocycles. The van der Waals surface area contributed by atoms with Gasteiger partial charge in [0.25, 0.3) is 0 Å². The van der Waals surface area contributed by atoms with Crippen LogP contribution in [0.4, 0.5) is 10.1 Å².